The van der Waals surface area contributed by atoms with Crippen LogP contribution in [0.2, 0.25) is 0 Å². The molecule has 9 heteroatoms. The van der Waals surface area contributed by atoms with Crippen molar-refractivity contribution < 1.29 is 23.9 Å². The molecular formula is C20H24N2O5S2. The zero-order valence-corrected chi connectivity index (χ0v) is 18.1. The van der Waals surface area contributed by atoms with E-state index in [4.69, 9.17) is 9.47 Å². The number of hydrogen-bond acceptors (Lipinski definition) is 8. The van der Waals surface area contributed by atoms with Gasteiger partial charge in [0.1, 0.15) is 4.88 Å². The third-order valence-corrected chi connectivity index (χ3v) is 6.55. The van der Waals surface area contributed by atoms with Crippen molar-refractivity contribution in [2.45, 2.75) is 58.5 Å². The Morgan fingerprint density at radius 2 is 2.03 bits per heavy atom. The number of nitrogens with one attached hydrogen (secondary N) is 1. The first-order valence-corrected chi connectivity index (χ1v) is 11.4. The zero-order chi connectivity index (χ0) is 20.8. The van der Waals surface area contributed by atoms with Crippen molar-refractivity contribution in [2.75, 3.05) is 11.9 Å². The Hall–Kier alpha value is -2.26. The number of thiazole rings is 1. The highest BCUT2D eigenvalue weighted by Gasteiger charge is 2.25. The second-order valence-corrected chi connectivity index (χ2v) is 8.68. The molecule has 156 valence electrons. The SMILES string of the molecule is CCOC(=O)Cc1csc(NC(=O)C(CC)OC(=O)c2cc3c(s2)CCCC3)n1. The Kier molecular flexibility index (Phi) is 7.38. The Balaban J connectivity index is 1.57. The van der Waals surface area contributed by atoms with Crippen LogP contribution >= 0.6 is 22.7 Å². The quantitative estimate of drug-likeness (QED) is 0.633. The number of nitrogens with zero attached hydrogens (tertiary/aromatic N) is 1. The average molecular weight is 437 g/mol. The van der Waals surface area contributed by atoms with Gasteiger partial charge in [0.05, 0.1) is 18.7 Å². The zero-order valence-electron chi connectivity index (χ0n) is 16.5. The number of rotatable bonds is 8. The summed E-state index contributed by atoms with van der Waals surface area (Å²) < 4.78 is 10.4. The van der Waals surface area contributed by atoms with Gasteiger partial charge in [0.25, 0.3) is 5.91 Å². The predicted molar refractivity (Wildman–Crippen MR) is 112 cm³/mol. The van der Waals surface area contributed by atoms with E-state index in [1.54, 1.807) is 19.2 Å². The summed E-state index contributed by atoms with van der Waals surface area (Å²) in [6, 6.07) is 1.90. The minimum absolute atomic E-state index is 0.0510. The van der Waals surface area contributed by atoms with E-state index in [0.717, 1.165) is 25.7 Å². The van der Waals surface area contributed by atoms with Crippen LogP contribution in [0.1, 0.15) is 58.9 Å². The topological polar surface area (TPSA) is 94.6 Å². The van der Waals surface area contributed by atoms with E-state index in [9.17, 15) is 14.4 Å². The summed E-state index contributed by atoms with van der Waals surface area (Å²) in [7, 11) is 0. The molecule has 1 amide bonds. The Labute approximate surface area is 177 Å². The average Bonchev–Trinajstić information content (AvgIpc) is 3.32. The van der Waals surface area contributed by atoms with Crippen molar-refractivity contribution in [2.24, 2.45) is 0 Å². The third kappa shape index (κ3) is 5.63. The molecule has 0 saturated carbocycles. The van der Waals surface area contributed by atoms with Gasteiger partial charge in [-0.3, -0.25) is 14.9 Å². The summed E-state index contributed by atoms with van der Waals surface area (Å²) in [6.07, 6.45) is 3.79. The lowest BCUT2D eigenvalue weighted by atomic mass is 9.99. The van der Waals surface area contributed by atoms with Crippen molar-refractivity contribution in [1.29, 1.82) is 0 Å². The number of esters is 2. The fourth-order valence-corrected chi connectivity index (χ4v) is 4.94. The van der Waals surface area contributed by atoms with Crippen molar-refractivity contribution in [3.63, 3.8) is 0 Å². The molecule has 0 radical (unpaired) electrons. The number of anilines is 1. The second kappa shape index (κ2) is 9.98. The first kappa shape index (κ1) is 21.4. The first-order chi connectivity index (χ1) is 14.0. The number of ether oxygens (including phenoxy) is 2. The molecule has 7 nitrogen and oxygen atoms in total. The molecule has 2 aromatic rings. The number of thiophene rings is 1. The lowest BCUT2D eigenvalue weighted by molar-refractivity contribution is -0.142. The molecule has 0 spiro atoms. The molecule has 1 atom stereocenters. The number of aromatic nitrogens is 1. The van der Waals surface area contributed by atoms with Gasteiger partial charge in [-0.05, 0) is 50.7 Å². The first-order valence-electron chi connectivity index (χ1n) is 9.73. The standard InChI is InChI=1S/C20H24N2O5S2/c1-3-14(27-19(25)16-9-12-7-5-6-8-15(12)29-16)18(24)22-20-21-13(11-28-20)10-17(23)26-4-2/h9,11,14H,3-8,10H2,1-2H3,(H,21,22,24). The molecule has 29 heavy (non-hydrogen) atoms. The molecule has 0 saturated heterocycles. The molecule has 0 bridgehead atoms. The molecule has 0 aliphatic heterocycles. The van der Waals surface area contributed by atoms with Crippen molar-refractivity contribution in [3.05, 3.63) is 32.5 Å². The molecule has 1 aliphatic carbocycles. The van der Waals surface area contributed by atoms with Crippen LogP contribution < -0.4 is 5.32 Å². The maximum atomic E-state index is 12.5. The maximum absolute atomic E-state index is 12.5. The normalized spacial score (nSPS) is 14.0. The van der Waals surface area contributed by atoms with E-state index in [2.05, 4.69) is 10.3 Å². The highest BCUT2D eigenvalue weighted by atomic mass is 32.1. The van der Waals surface area contributed by atoms with E-state index in [-0.39, 0.29) is 12.4 Å². The van der Waals surface area contributed by atoms with E-state index in [1.165, 1.54) is 33.1 Å². The minimum Gasteiger partial charge on any atom is -0.466 e. The number of carbonyl (C=O) groups is 3. The largest absolute Gasteiger partial charge is 0.466 e. The lowest BCUT2D eigenvalue weighted by Crippen LogP contribution is -2.31. The number of aryl methyl sites for hydroxylation is 2. The Bertz CT molecular complexity index is 866. The third-order valence-electron chi connectivity index (χ3n) is 4.52. The van der Waals surface area contributed by atoms with Crippen LogP contribution in [0.5, 0.6) is 0 Å². The van der Waals surface area contributed by atoms with Crippen LogP contribution in [0.25, 0.3) is 0 Å². The second-order valence-electron chi connectivity index (χ2n) is 6.68. The molecule has 2 heterocycles. The van der Waals surface area contributed by atoms with Gasteiger partial charge in [-0.25, -0.2) is 9.78 Å². The molecule has 3 rings (SSSR count). The van der Waals surface area contributed by atoms with Crippen LogP contribution in [0.4, 0.5) is 5.13 Å². The molecule has 1 unspecified atom stereocenters. The highest BCUT2D eigenvalue weighted by Crippen LogP contribution is 2.30. The number of amides is 1. The number of carbonyl (C=O) groups excluding carboxylic acids is 3. The van der Waals surface area contributed by atoms with Gasteiger partial charge in [-0.2, -0.15) is 0 Å². The van der Waals surface area contributed by atoms with Gasteiger partial charge in [0.2, 0.25) is 0 Å². The van der Waals surface area contributed by atoms with Crippen molar-refractivity contribution >= 4 is 45.7 Å². The van der Waals surface area contributed by atoms with E-state index >= 15 is 0 Å². The number of fused-ring (bicyclic) bond motifs is 1. The molecule has 2 aromatic heterocycles. The summed E-state index contributed by atoms with van der Waals surface area (Å²) in [4.78, 5) is 42.6. The smallest absolute Gasteiger partial charge is 0.349 e. The fraction of sp³-hybridized carbons (Fsp3) is 0.500. The predicted octanol–water partition coefficient (Wildman–Crippen LogP) is 3.76. The maximum Gasteiger partial charge on any atom is 0.349 e. The van der Waals surface area contributed by atoms with Crippen LogP contribution in [-0.4, -0.2) is 35.5 Å². The molecule has 0 fully saturated rings. The van der Waals surface area contributed by atoms with E-state index in [1.807, 2.05) is 6.07 Å². The lowest BCUT2D eigenvalue weighted by Gasteiger charge is -2.14. The van der Waals surface area contributed by atoms with Crippen LogP contribution in [0.3, 0.4) is 0 Å². The Morgan fingerprint density at radius 1 is 1.24 bits per heavy atom. The van der Waals surface area contributed by atoms with Crippen LogP contribution in [-0.2, 0) is 38.3 Å². The fourth-order valence-electron chi connectivity index (χ4n) is 3.09. The Morgan fingerprint density at radius 3 is 2.76 bits per heavy atom. The van der Waals surface area contributed by atoms with Gasteiger partial charge in [-0.1, -0.05) is 6.92 Å². The van der Waals surface area contributed by atoms with Gasteiger partial charge < -0.3 is 9.47 Å². The van der Waals surface area contributed by atoms with Crippen LogP contribution in [0.15, 0.2) is 11.4 Å². The van der Waals surface area contributed by atoms with Crippen LogP contribution in [0, 0.1) is 0 Å². The summed E-state index contributed by atoms with van der Waals surface area (Å²) in [5.74, 6) is -1.26. The van der Waals surface area contributed by atoms with Gasteiger partial charge >= 0.3 is 11.9 Å². The molecule has 1 aliphatic rings. The summed E-state index contributed by atoms with van der Waals surface area (Å²) in [6.45, 7) is 3.83. The minimum atomic E-state index is -0.904. The summed E-state index contributed by atoms with van der Waals surface area (Å²) >= 11 is 2.67. The summed E-state index contributed by atoms with van der Waals surface area (Å²) in [5, 5.41) is 4.71. The van der Waals surface area contributed by atoms with Crippen molar-refractivity contribution in [3.8, 4) is 0 Å². The van der Waals surface area contributed by atoms with E-state index < -0.39 is 18.0 Å². The number of hydrogen-bond donors (Lipinski definition) is 1. The monoisotopic (exact) mass is 436 g/mol. The highest BCUT2D eigenvalue weighted by molar-refractivity contribution is 7.14. The van der Waals surface area contributed by atoms with Gasteiger partial charge in [-0.15, -0.1) is 22.7 Å². The molecular weight excluding hydrogens is 412 g/mol. The van der Waals surface area contributed by atoms with Gasteiger partial charge in [0, 0.05) is 10.3 Å². The molecule has 1 N–H and O–H groups in total. The van der Waals surface area contributed by atoms with Gasteiger partial charge in [0.15, 0.2) is 11.2 Å². The van der Waals surface area contributed by atoms with E-state index in [0.29, 0.717) is 28.7 Å². The summed E-state index contributed by atoms with van der Waals surface area (Å²) in [5.41, 5.74) is 1.75. The molecule has 0 aromatic carbocycles. The van der Waals surface area contributed by atoms with Crippen molar-refractivity contribution in [1.82, 2.24) is 4.98 Å².